The normalized spacial score (nSPS) is 12.4. The number of carboxylic acid groups (broad SMARTS) is 1. The molecule has 1 heterocycles. The molecule has 0 aliphatic heterocycles. The van der Waals surface area contributed by atoms with Crippen LogP contribution in [0.4, 0.5) is 19.1 Å². The number of nitrogens with two attached hydrogens (primary N) is 2. The maximum atomic E-state index is 12.5. The largest absolute Gasteiger partial charge is 0.573 e. The zero-order valence-corrected chi connectivity index (χ0v) is 15.4. The van der Waals surface area contributed by atoms with Crippen LogP contribution < -0.4 is 16.2 Å². The molecule has 3 aromatic rings. The number of nitrogen functional groups attached to an aromatic ring is 1. The molecule has 0 spiro atoms. The average Bonchev–Trinajstić information content (AvgIpc) is 2.67. The predicted molar refractivity (Wildman–Crippen MR) is 103 cm³/mol. The van der Waals surface area contributed by atoms with E-state index in [0.29, 0.717) is 22.5 Å². The highest BCUT2D eigenvalue weighted by molar-refractivity contribution is 5.74. The Hall–Kier alpha value is -3.66. The van der Waals surface area contributed by atoms with Gasteiger partial charge in [-0.25, -0.2) is 9.97 Å². The zero-order chi connectivity index (χ0) is 21.9. The summed E-state index contributed by atoms with van der Waals surface area (Å²) in [5.41, 5.74) is 13.9. The second-order valence-corrected chi connectivity index (χ2v) is 6.42. The van der Waals surface area contributed by atoms with Gasteiger partial charge in [-0.15, -0.1) is 13.2 Å². The maximum absolute atomic E-state index is 12.5. The molecule has 1 aromatic heterocycles. The molecule has 5 N–H and O–H groups in total. The van der Waals surface area contributed by atoms with Crippen LogP contribution in [-0.2, 0) is 11.2 Å². The van der Waals surface area contributed by atoms with E-state index in [9.17, 15) is 18.0 Å². The van der Waals surface area contributed by atoms with E-state index in [1.807, 2.05) is 0 Å². The number of hydrogen-bond donors (Lipinski definition) is 3. The first-order valence-corrected chi connectivity index (χ1v) is 8.69. The minimum Gasteiger partial charge on any atom is -0.480 e. The van der Waals surface area contributed by atoms with Crippen molar-refractivity contribution in [3.8, 4) is 28.3 Å². The molecule has 0 amide bonds. The molecule has 30 heavy (non-hydrogen) atoms. The van der Waals surface area contributed by atoms with E-state index in [0.717, 1.165) is 5.56 Å². The van der Waals surface area contributed by atoms with Crippen LogP contribution >= 0.6 is 0 Å². The summed E-state index contributed by atoms with van der Waals surface area (Å²) >= 11 is 0. The Morgan fingerprint density at radius 2 is 1.67 bits per heavy atom. The Morgan fingerprint density at radius 1 is 1.03 bits per heavy atom. The summed E-state index contributed by atoms with van der Waals surface area (Å²) in [5, 5.41) is 8.90. The Bertz CT molecular complexity index is 1060. The molecule has 0 aliphatic rings. The van der Waals surface area contributed by atoms with Gasteiger partial charge in [-0.2, -0.15) is 0 Å². The molecule has 0 bridgehead atoms. The summed E-state index contributed by atoms with van der Waals surface area (Å²) in [7, 11) is 0. The molecule has 10 heteroatoms. The van der Waals surface area contributed by atoms with Crippen LogP contribution in [0.3, 0.4) is 0 Å². The van der Waals surface area contributed by atoms with E-state index in [1.165, 1.54) is 18.2 Å². The molecule has 3 rings (SSSR count). The number of aliphatic carboxylic acids is 1. The van der Waals surface area contributed by atoms with Crippen molar-refractivity contribution in [2.24, 2.45) is 5.73 Å². The van der Waals surface area contributed by atoms with Crippen molar-refractivity contribution >= 4 is 11.9 Å². The van der Waals surface area contributed by atoms with Crippen molar-refractivity contribution in [1.82, 2.24) is 9.97 Å². The monoisotopic (exact) mass is 418 g/mol. The third-order valence-electron chi connectivity index (χ3n) is 4.13. The van der Waals surface area contributed by atoms with Gasteiger partial charge in [-0.1, -0.05) is 36.4 Å². The van der Waals surface area contributed by atoms with Crippen LogP contribution in [0, 0.1) is 0 Å². The fourth-order valence-corrected chi connectivity index (χ4v) is 2.77. The topological polar surface area (TPSA) is 124 Å². The van der Waals surface area contributed by atoms with Gasteiger partial charge < -0.3 is 21.3 Å². The lowest BCUT2D eigenvalue weighted by Gasteiger charge is -2.11. The van der Waals surface area contributed by atoms with Crippen LogP contribution in [0.5, 0.6) is 5.75 Å². The van der Waals surface area contributed by atoms with Crippen molar-refractivity contribution < 1.29 is 27.8 Å². The molecular formula is C20H17F3N4O3. The van der Waals surface area contributed by atoms with Crippen molar-refractivity contribution in [3.63, 3.8) is 0 Å². The van der Waals surface area contributed by atoms with Gasteiger partial charge in [0.2, 0.25) is 5.95 Å². The van der Waals surface area contributed by atoms with E-state index in [-0.39, 0.29) is 18.1 Å². The number of carboxylic acids is 1. The van der Waals surface area contributed by atoms with Crippen LogP contribution in [-0.4, -0.2) is 33.4 Å². The minimum atomic E-state index is -4.81. The number of rotatable bonds is 6. The highest BCUT2D eigenvalue weighted by atomic mass is 19.4. The Morgan fingerprint density at radius 3 is 2.27 bits per heavy atom. The van der Waals surface area contributed by atoms with Gasteiger partial charge in [0.1, 0.15) is 11.8 Å². The molecule has 156 valence electrons. The van der Waals surface area contributed by atoms with Crippen LogP contribution in [0.25, 0.3) is 22.5 Å². The quantitative estimate of drug-likeness (QED) is 0.561. The number of carbonyl (C=O) groups is 1. The third kappa shape index (κ3) is 5.45. The predicted octanol–water partition coefficient (Wildman–Crippen LogP) is 3.25. The van der Waals surface area contributed by atoms with Gasteiger partial charge in [0.05, 0.1) is 11.4 Å². The molecule has 1 unspecified atom stereocenters. The summed E-state index contributed by atoms with van der Waals surface area (Å²) < 4.78 is 41.4. The van der Waals surface area contributed by atoms with E-state index in [2.05, 4.69) is 14.7 Å². The molecule has 7 nitrogen and oxygen atoms in total. The Balaban J connectivity index is 1.89. The lowest BCUT2D eigenvalue weighted by molar-refractivity contribution is -0.274. The smallest absolute Gasteiger partial charge is 0.480 e. The number of alkyl halides is 3. The van der Waals surface area contributed by atoms with Crippen LogP contribution in [0.1, 0.15) is 5.56 Å². The highest BCUT2D eigenvalue weighted by Crippen LogP contribution is 2.29. The lowest BCUT2D eigenvalue weighted by atomic mass is 10.0. The van der Waals surface area contributed by atoms with Gasteiger partial charge in [0.25, 0.3) is 0 Å². The van der Waals surface area contributed by atoms with Gasteiger partial charge in [-0.3, -0.25) is 4.79 Å². The van der Waals surface area contributed by atoms with E-state index < -0.39 is 18.4 Å². The number of benzene rings is 2. The van der Waals surface area contributed by atoms with Gasteiger partial charge in [0.15, 0.2) is 0 Å². The fraction of sp³-hybridized carbons (Fsp3) is 0.150. The Kier molecular flexibility index (Phi) is 5.88. The first kappa shape index (κ1) is 21.1. The summed E-state index contributed by atoms with van der Waals surface area (Å²) in [6.45, 7) is 0. The summed E-state index contributed by atoms with van der Waals surface area (Å²) in [5.74, 6) is -1.52. The second-order valence-electron chi connectivity index (χ2n) is 6.42. The molecule has 1 atom stereocenters. The lowest BCUT2D eigenvalue weighted by Crippen LogP contribution is -2.32. The average molecular weight is 418 g/mol. The molecular weight excluding hydrogens is 401 g/mol. The number of hydrogen-bond acceptors (Lipinski definition) is 6. The second kappa shape index (κ2) is 8.37. The maximum Gasteiger partial charge on any atom is 0.573 e. The van der Waals surface area contributed by atoms with E-state index in [4.69, 9.17) is 16.6 Å². The molecule has 0 fully saturated rings. The van der Waals surface area contributed by atoms with Crippen molar-refractivity contribution in [1.29, 1.82) is 0 Å². The number of nitrogens with zero attached hydrogens (tertiary/aromatic N) is 2. The first-order valence-electron chi connectivity index (χ1n) is 8.69. The third-order valence-corrected chi connectivity index (χ3v) is 4.13. The summed E-state index contributed by atoms with van der Waals surface area (Å²) in [6.07, 6.45) is -4.64. The van der Waals surface area contributed by atoms with Crippen molar-refractivity contribution in [3.05, 3.63) is 60.2 Å². The molecule has 0 aliphatic carbocycles. The van der Waals surface area contributed by atoms with Gasteiger partial charge in [0, 0.05) is 11.1 Å². The highest BCUT2D eigenvalue weighted by Gasteiger charge is 2.31. The fourth-order valence-electron chi connectivity index (χ4n) is 2.77. The van der Waals surface area contributed by atoms with Crippen molar-refractivity contribution in [2.45, 2.75) is 18.8 Å². The summed E-state index contributed by atoms with van der Waals surface area (Å²) in [6, 6.07) is 12.8. The number of aromatic nitrogens is 2. The van der Waals surface area contributed by atoms with E-state index >= 15 is 0 Å². The van der Waals surface area contributed by atoms with Gasteiger partial charge >= 0.3 is 12.3 Å². The summed E-state index contributed by atoms with van der Waals surface area (Å²) in [4.78, 5) is 19.1. The minimum absolute atomic E-state index is 0.0541. The number of ether oxygens (including phenoxy) is 1. The van der Waals surface area contributed by atoms with Crippen molar-refractivity contribution in [2.75, 3.05) is 5.73 Å². The zero-order valence-electron chi connectivity index (χ0n) is 15.4. The standard InChI is InChI=1S/C20H17F3N4O3/c21-20(22,23)30-14-3-1-2-13(9-14)17-10-16(26-19(25)27-17)12-6-4-11(5-7-12)8-15(24)18(28)29/h1-7,9-10,15H,8,24H2,(H,28,29)(H2,25,26,27). The molecule has 2 aromatic carbocycles. The molecule has 0 radical (unpaired) electrons. The first-order chi connectivity index (χ1) is 14.1. The van der Waals surface area contributed by atoms with Crippen LogP contribution in [0.15, 0.2) is 54.6 Å². The van der Waals surface area contributed by atoms with Crippen LogP contribution in [0.2, 0.25) is 0 Å². The molecule has 0 saturated heterocycles. The van der Waals surface area contributed by atoms with E-state index in [1.54, 1.807) is 36.4 Å². The molecule has 0 saturated carbocycles. The number of halogens is 3. The van der Waals surface area contributed by atoms with Gasteiger partial charge in [-0.05, 0) is 30.2 Å². The SMILES string of the molecule is Nc1nc(-c2ccc(CC(N)C(=O)O)cc2)cc(-c2cccc(OC(F)(F)F)c2)n1. The number of anilines is 1. The Labute approximate surface area is 169 Å².